The summed E-state index contributed by atoms with van der Waals surface area (Å²) in [5.74, 6) is -0.781. The molecule has 0 aliphatic rings. The first-order valence-electron chi connectivity index (χ1n) is 10.0. The molecule has 2 aromatic heterocycles. The largest absolute Gasteiger partial charge is 0.353 e. The Hall–Kier alpha value is -3.79. The number of hydrogen-bond acceptors (Lipinski definition) is 6. The van der Waals surface area contributed by atoms with Crippen LogP contribution in [0.5, 0.6) is 0 Å². The summed E-state index contributed by atoms with van der Waals surface area (Å²) in [6.45, 7) is 1.97. The quantitative estimate of drug-likeness (QED) is 0.427. The zero-order valence-corrected chi connectivity index (χ0v) is 18.3. The average molecular weight is 454 g/mol. The number of carbonyl (C=O) groups excluding carboxylic acids is 3. The summed E-state index contributed by atoms with van der Waals surface area (Å²) in [6, 6.07) is 13.3. The van der Waals surface area contributed by atoms with Gasteiger partial charge < -0.3 is 16.0 Å². The summed E-state index contributed by atoms with van der Waals surface area (Å²) < 4.78 is 1.11. The predicted molar refractivity (Wildman–Crippen MR) is 123 cm³/mol. The Balaban J connectivity index is 1.44. The van der Waals surface area contributed by atoms with Crippen LogP contribution < -0.4 is 21.5 Å². The number of rotatable bonds is 9. The van der Waals surface area contributed by atoms with Crippen LogP contribution >= 0.6 is 11.3 Å². The third kappa shape index (κ3) is 6.35. The van der Waals surface area contributed by atoms with Gasteiger partial charge >= 0.3 is 0 Å². The van der Waals surface area contributed by atoms with Crippen molar-refractivity contribution in [3.63, 3.8) is 0 Å². The number of aromatic nitrogens is 2. The monoisotopic (exact) mass is 453 g/mol. The Morgan fingerprint density at radius 2 is 1.72 bits per heavy atom. The lowest BCUT2D eigenvalue weighted by Gasteiger charge is -2.09. The lowest BCUT2D eigenvalue weighted by molar-refractivity contribution is -0.122. The molecule has 0 aliphatic carbocycles. The number of amides is 3. The third-order valence-electron chi connectivity index (χ3n) is 4.42. The molecule has 0 unspecified atom stereocenters. The van der Waals surface area contributed by atoms with E-state index in [1.165, 1.54) is 17.4 Å². The SMILES string of the molecule is CCC(=O)Nc1ccc(C(=O)NCCNC(=O)Cn2nc(-c3cccs3)ccc2=O)cc1. The second-order valence-electron chi connectivity index (χ2n) is 6.78. The molecule has 3 amide bonds. The Morgan fingerprint density at radius 1 is 0.969 bits per heavy atom. The van der Waals surface area contributed by atoms with E-state index in [0.717, 1.165) is 9.56 Å². The molecule has 0 radical (unpaired) electrons. The van der Waals surface area contributed by atoms with Crippen molar-refractivity contribution < 1.29 is 14.4 Å². The maximum Gasteiger partial charge on any atom is 0.267 e. The van der Waals surface area contributed by atoms with E-state index in [-0.39, 0.29) is 42.9 Å². The zero-order chi connectivity index (χ0) is 22.9. The van der Waals surface area contributed by atoms with Crippen LogP contribution in [0.15, 0.2) is 58.7 Å². The molecule has 0 saturated heterocycles. The van der Waals surface area contributed by atoms with E-state index < -0.39 is 0 Å². The Bertz CT molecular complexity index is 1140. The molecule has 0 aliphatic heterocycles. The number of carbonyl (C=O) groups is 3. The standard InChI is InChI=1S/C22H23N5O4S/c1-2-19(28)25-16-7-5-15(6-8-16)22(31)24-12-11-23-20(29)14-27-21(30)10-9-17(26-27)18-4-3-13-32-18/h3-10,13H,2,11-12,14H2,1H3,(H,23,29)(H,24,31)(H,25,28). The zero-order valence-electron chi connectivity index (χ0n) is 17.5. The van der Waals surface area contributed by atoms with Crippen LogP contribution in [0.4, 0.5) is 5.69 Å². The number of hydrogen-bond donors (Lipinski definition) is 3. The van der Waals surface area contributed by atoms with Crippen LogP contribution in [0, 0.1) is 0 Å². The summed E-state index contributed by atoms with van der Waals surface area (Å²) in [7, 11) is 0. The fourth-order valence-electron chi connectivity index (χ4n) is 2.74. The number of nitrogens with zero attached hydrogens (tertiary/aromatic N) is 2. The number of benzene rings is 1. The first-order chi connectivity index (χ1) is 15.5. The fourth-order valence-corrected chi connectivity index (χ4v) is 3.43. The van der Waals surface area contributed by atoms with Gasteiger partial charge in [0.1, 0.15) is 12.2 Å². The summed E-state index contributed by atoms with van der Waals surface area (Å²) >= 11 is 1.49. The minimum absolute atomic E-state index is 0.103. The molecule has 0 fully saturated rings. The minimum Gasteiger partial charge on any atom is -0.353 e. The van der Waals surface area contributed by atoms with E-state index in [0.29, 0.717) is 23.4 Å². The van der Waals surface area contributed by atoms with Crippen molar-refractivity contribution in [1.82, 2.24) is 20.4 Å². The van der Waals surface area contributed by atoms with Crippen LogP contribution in [0.25, 0.3) is 10.6 Å². The molecular weight excluding hydrogens is 430 g/mol. The molecule has 3 N–H and O–H groups in total. The highest BCUT2D eigenvalue weighted by atomic mass is 32.1. The van der Waals surface area contributed by atoms with Crippen molar-refractivity contribution in [2.45, 2.75) is 19.9 Å². The molecule has 10 heteroatoms. The molecule has 32 heavy (non-hydrogen) atoms. The topological polar surface area (TPSA) is 122 Å². The van der Waals surface area contributed by atoms with Crippen molar-refractivity contribution in [3.05, 3.63) is 69.8 Å². The Morgan fingerprint density at radius 3 is 2.41 bits per heavy atom. The van der Waals surface area contributed by atoms with Crippen LogP contribution in [0.3, 0.4) is 0 Å². The first kappa shape index (κ1) is 22.9. The molecule has 0 spiro atoms. The maximum atomic E-state index is 12.2. The molecule has 3 rings (SSSR count). The van der Waals surface area contributed by atoms with Crippen molar-refractivity contribution >= 4 is 34.7 Å². The number of thiophene rings is 1. The van der Waals surface area contributed by atoms with Gasteiger partial charge in [-0.15, -0.1) is 11.3 Å². The second-order valence-corrected chi connectivity index (χ2v) is 7.72. The summed E-state index contributed by atoms with van der Waals surface area (Å²) in [5.41, 5.74) is 1.31. The highest BCUT2D eigenvalue weighted by molar-refractivity contribution is 7.13. The van der Waals surface area contributed by atoms with Gasteiger partial charge in [-0.25, -0.2) is 4.68 Å². The van der Waals surface area contributed by atoms with Crippen LogP contribution in [0.1, 0.15) is 23.7 Å². The lowest BCUT2D eigenvalue weighted by Crippen LogP contribution is -2.38. The van der Waals surface area contributed by atoms with Crippen LogP contribution in [0.2, 0.25) is 0 Å². The van der Waals surface area contributed by atoms with Gasteiger partial charge in [-0.2, -0.15) is 5.10 Å². The van der Waals surface area contributed by atoms with E-state index >= 15 is 0 Å². The van der Waals surface area contributed by atoms with Gasteiger partial charge in [0.25, 0.3) is 11.5 Å². The highest BCUT2D eigenvalue weighted by Gasteiger charge is 2.09. The molecule has 166 valence electrons. The van der Waals surface area contributed by atoms with Crippen molar-refractivity contribution in [2.75, 3.05) is 18.4 Å². The number of anilines is 1. The Kier molecular flexibility index (Phi) is 7.87. The van der Waals surface area contributed by atoms with Crippen molar-refractivity contribution in [1.29, 1.82) is 0 Å². The summed E-state index contributed by atoms with van der Waals surface area (Å²) in [4.78, 5) is 48.7. The van der Waals surface area contributed by atoms with Gasteiger partial charge in [-0.3, -0.25) is 19.2 Å². The Labute approximate surface area is 188 Å². The van der Waals surface area contributed by atoms with Gasteiger partial charge in [0.05, 0.1) is 4.88 Å². The van der Waals surface area contributed by atoms with Gasteiger partial charge in [0.15, 0.2) is 0 Å². The van der Waals surface area contributed by atoms with Crippen LogP contribution in [-0.4, -0.2) is 40.6 Å². The van der Waals surface area contributed by atoms with E-state index in [1.807, 2.05) is 17.5 Å². The van der Waals surface area contributed by atoms with Gasteiger partial charge in [0.2, 0.25) is 11.8 Å². The second kappa shape index (κ2) is 11.0. The van der Waals surface area contributed by atoms with Gasteiger partial charge in [-0.05, 0) is 41.8 Å². The molecule has 2 heterocycles. The average Bonchev–Trinajstić information content (AvgIpc) is 3.33. The molecule has 0 atom stereocenters. The predicted octanol–water partition coefficient (Wildman–Crippen LogP) is 1.87. The van der Waals surface area contributed by atoms with Crippen molar-refractivity contribution in [2.24, 2.45) is 0 Å². The van der Waals surface area contributed by atoms with Crippen LogP contribution in [-0.2, 0) is 16.1 Å². The first-order valence-corrected chi connectivity index (χ1v) is 10.9. The fraction of sp³-hybridized carbons (Fsp3) is 0.227. The number of nitrogens with one attached hydrogen (secondary N) is 3. The lowest BCUT2D eigenvalue weighted by atomic mass is 10.2. The van der Waals surface area contributed by atoms with E-state index in [4.69, 9.17) is 0 Å². The van der Waals surface area contributed by atoms with E-state index in [2.05, 4.69) is 21.0 Å². The molecule has 9 nitrogen and oxygen atoms in total. The summed E-state index contributed by atoms with van der Waals surface area (Å²) in [6.07, 6.45) is 0.374. The van der Waals surface area contributed by atoms with E-state index in [1.54, 1.807) is 37.3 Å². The van der Waals surface area contributed by atoms with E-state index in [9.17, 15) is 19.2 Å². The summed E-state index contributed by atoms with van der Waals surface area (Å²) in [5, 5.41) is 14.2. The third-order valence-corrected chi connectivity index (χ3v) is 5.31. The minimum atomic E-state index is -0.381. The van der Waals surface area contributed by atoms with Gasteiger partial charge in [-0.1, -0.05) is 13.0 Å². The van der Waals surface area contributed by atoms with Gasteiger partial charge in [0, 0.05) is 36.8 Å². The molecule has 0 bridgehead atoms. The van der Waals surface area contributed by atoms with Crippen molar-refractivity contribution in [3.8, 4) is 10.6 Å². The molecule has 0 saturated carbocycles. The maximum absolute atomic E-state index is 12.2. The highest BCUT2D eigenvalue weighted by Crippen LogP contribution is 2.21. The molecular formula is C22H23N5O4S. The smallest absolute Gasteiger partial charge is 0.267 e. The normalized spacial score (nSPS) is 10.4. The molecule has 1 aromatic carbocycles. The molecule has 3 aromatic rings.